The summed E-state index contributed by atoms with van der Waals surface area (Å²) >= 11 is 0. The molecule has 0 aliphatic heterocycles. The van der Waals surface area contributed by atoms with Crippen LogP contribution < -0.4 is 5.32 Å². The molecule has 0 atom stereocenters. The summed E-state index contributed by atoms with van der Waals surface area (Å²) in [6, 6.07) is 12.3. The van der Waals surface area contributed by atoms with Crippen molar-refractivity contribution in [1.29, 1.82) is 0 Å². The Morgan fingerprint density at radius 3 is 2.57 bits per heavy atom. The summed E-state index contributed by atoms with van der Waals surface area (Å²) in [5, 5.41) is 2.95. The number of benzene rings is 1. The average Bonchev–Trinajstić information content (AvgIpc) is 2.92. The van der Waals surface area contributed by atoms with E-state index in [2.05, 4.69) is 41.5 Å². The molecular weight excluding hydrogens is 286 g/mol. The Kier molecular flexibility index (Phi) is 4.42. The Morgan fingerprint density at radius 1 is 1.09 bits per heavy atom. The zero-order valence-corrected chi connectivity index (χ0v) is 13.5. The zero-order chi connectivity index (χ0) is 16.2. The number of rotatable bonds is 5. The van der Waals surface area contributed by atoms with Gasteiger partial charge in [-0.05, 0) is 43.0 Å². The molecule has 0 radical (unpaired) electrons. The number of amides is 1. The van der Waals surface area contributed by atoms with Crippen LogP contribution in [-0.2, 0) is 17.6 Å². The van der Waals surface area contributed by atoms with Crippen molar-refractivity contribution in [2.24, 2.45) is 0 Å². The number of nitrogens with zero attached hydrogens (tertiary/aromatic N) is 2. The van der Waals surface area contributed by atoms with Crippen LogP contribution in [0.25, 0.3) is 5.65 Å². The number of imidazole rings is 1. The second kappa shape index (κ2) is 6.65. The number of anilines is 1. The van der Waals surface area contributed by atoms with Crippen LogP contribution in [0.2, 0.25) is 0 Å². The van der Waals surface area contributed by atoms with E-state index in [0.29, 0.717) is 6.42 Å². The molecule has 2 heterocycles. The molecule has 1 N–H and O–H groups in total. The fourth-order valence-corrected chi connectivity index (χ4v) is 2.62. The smallest absolute Gasteiger partial charge is 0.224 e. The van der Waals surface area contributed by atoms with Crippen molar-refractivity contribution in [3.63, 3.8) is 0 Å². The van der Waals surface area contributed by atoms with E-state index in [9.17, 15) is 4.79 Å². The molecule has 3 rings (SSSR count). The first kappa shape index (κ1) is 15.3. The molecule has 0 aliphatic rings. The van der Waals surface area contributed by atoms with Gasteiger partial charge in [-0.15, -0.1) is 0 Å². The zero-order valence-electron chi connectivity index (χ0n) is 13.5. The van der Waals surface area contributed by atoms with Gasteiger partial charge >= 0.3 is 0 Å². The van der Waals surface area contributed by atoms with Crippen molar-refractivity contribution in [3.8, 4) is 0 Å². The fourth-order valence-electron chi connectivity index (χ4n) is 2.62. The lowest BCUT2D eigenvalue weighted by Gasteiger charge is -2.06. The first-order valence-electron chi connectivity index (χ1n) is 7.97. The van der Waals surface area contributed by atoms with Crippen LogP contribution in [-0.4, -0.2) is 15.3 Å². The third-order valence-corrected chi connectivity index (χ3v) is 3.93. The van der Waals surface area contributed by atoms with Gasteiger partial charge in [-0.2, -0.15) is 0 Å². The molecule has 1 aromatic carbocycles. The molecular formula is C19H21N3O. The van der Waals surface area contributed by atoms with Gasteiger partial charge in [-0.3, -0.25) is 4.79 Å². The van der Waals surface area contributed by atoms with Gasteiger partial charge in [0.25, 0.3) is 0 Å². The molecule has 0 aliphatic carbocycles. The van der Waals surface area contributed by atoms with E-state index in [4.69, 9.17) is 0 Å². The van der Waals surface area contributed by atoms with Crippen molar-refractivity contribution in [1.82, 2.24) is 9.38 Å². The summed E-state index contributed by atoms with van der Waals surface area (Å²) in [4.78, 5) is 16.5. The molecule has 0 spiro atoms. The number of carbonyl (C=O) groups excluding carboxylic acids is 1. The highest BCUT2D eigenvalue weighted by Gasteiger charge is 2.05. The maximum absolute atomic E-state index is 12.1. The number of fused-ring (bicyclic) bond motifs is 1. The topological polar surface area (TPSA) is 46.4 Å². The Balaban J connectivity index is 1.59. The number of hydrogen-bond acceptors (Lipinski definition) is 2. The third-order valence-electron chi connectivity index (χ3n) is 3.93. The summed E-state index contributed by atoms with van der Waals surface area (Å²) in [6.07, 6.45) is 6.11. The van der Waals surface area contributed by atoms with E-state index in [0.717, 1.165) is 29.9 Å². The molecule has 4 nitrogen and oxygen atoms in total. The largest absolute Gasteiger partial charge is 0.325 e. The Bertz CT molecular complexity index is 818. The predicted molar refractivity (Wildman–Crippen MR) is 92.7 cm³/mol. The lowest BCUT2D eigenvalue weighted by Crippen LogP contribution is -2.12. The van der Waals surface area contributed by atoms with E-state index in [1.54, 1.807) is 0 Å². The van der Waals surface area contributed by atoms with E-state index in [-0.39, 0.29) is 5.91 Å². The van der Waals surface area contributed by atoms with Crippen molar-refractivity contribution < 1.29 is 4.79 Å². The maximum Gasteiger partial charge on any atom is 0.224 e. The first-order chi connectivity index (χ1) is 11.1. The summed E-state index contributed by atoms with van der Waals surface area (Å²) in [5.41, 5.74) is 5.15. The van der Waals surface area contributed by atoms with E-state index in [1.165, 1.54) is 11.1 Å². The third kappa shape index (κ3) is 3.77. The molecule has 23 heavy (non-hydrogen) atoms. The van der Waals surface area contributed by atoms with Gasteiger partial charge in [0.05, 0.1) is 11.4 Å². The van der Waals surface area contributed by atoms with Crippen LogP contribution in [0.4, 0.5) is 5.69 Å². The monoisotopic (exact) mass is 307 g/mol. The maximum atomic E-state index is 12.1. The van der Waals surface area contributed by atoms with Crippen LogP contribution >= 0.6 is 0 Å². The van der Waals surface area contributed by atoms with E-state index >= 15 is 0 Å². The highest BCUT2D eigenvalue weighted by Crippen LogP contribution is 2.13. The molecule has 0 unspecified atom stereocenters. The van der Waals surface area contributed by atoms with Crippen molar-refractivity contribution >= 4 is 17.2 Å². The lowest BCUT2D eigenvalue weighted by molar-refractivity contribution is -0.116. The number of hydrogen-bond donors (Lipinski definition) is 1. The Morgan fingerprint density at radius 2 is 1.83 bits per heavy atom. The van der Waals surface area contributed by atoms with Crippen LogP contribution in [0.3, 0.4) is 0 Å². The minimum absolute atomic E-state index is 0.0285. The van der Waals surface area contributed by atoms with Crippen LogP contribution in [0.5, 0.6) is 0 Å². The second-order valence-electron chi connectivity index (χ2n) is 5.78. The molecule has 0 bridgehead atoms. The number of aryl methyl sites for hydroxylation is 3. The van der Waals surface area contributed by atoms with Gasteiger partial charge in [-0.25, -0.2) is 4.98 Å². The Labute approximate surface area is 136 Å². The number of pyridine rings is 1. The Hall–Kier alpha value is -2.62. The normalized spacial score (nSPS) is 10.9. The summed E-state index contributed by atoms with van der Waals surface area (Å²) in [6.45, 7) is 4.09. The first-order valence-corrected chi connectivity index (χ1v) is 7.97. The highest BCUT2D eigenvalue weighted by molar-refractivity contribution is 5.90. The van der Waals surface area contributed by atoms with Crippen molar-refractivity contribution in [2.45, 2.75) is 33.1 Å². The van der Waals surface area contributed by atoms with Crippen LogP contribution in [0.1, 0.15) is 30.2 Å². The van der Waals surface area contributed by atoms with E-state index < -0.39 is 0 Å². The minimum atomic E-state index is 0.0285. The molecule has 1 amide bonds. The van der Waals surface area contributed by atoms with Crippen molar-refractivity contribution in [2.75, 3.05) is 5.32 Å². The second-order valence-corrected chi connectivity index (χ2v) is 5.78. The molecule has 2 aromatic heterocycles. The molecule has 3 aromatic rings. The van der Waals surface area contributed by atoms with Gasteiger partial charge in [0.1, 0.15) is 5.65 Å². The van der Waals surface area contributed by atoms with Gasteiger partial charge in [-0.1, -0.05) is 31.2 Å². The molecule has 0 saturated carbocycles. The number of nitrogens with one attached hydrogen (secondary N) is 1. The SMILES string of the molecule is CCc1ccc(CCC(=O)Nc2ccc3nc(C)cn3c2)cc1. The quantitative estimate of drug-likeness (QED) is 0.780. The van der Waals surface area contributed by atoms with Crippen LogP contribution in [0, 0.1) is 6.92 Å². The van der Waals surface area contributed by atoms with Gasteiger partial charge in [0, 0.05) is 18.8 Å². The number of aromatic nitrogens is 2. The molecule has 118 valence electrons. The van der Waals surface area contributed by atoms with Gasteiger partial charge in [0.15, 0.2) is 0 Å². The molecule has 4 heteroatoms. The summed E-state index contributed by atoms with van der Waals surface area (Å²) in [5.74, 6) is 0.0285. The average molecular weight is 307 g/mol. The lowest BCUT2D eigenvalue weighted by atomic mass is 10.1. The predicted octanol–water partition coefficient (Wildman–Crippen LogP) is 3.78. The fraction of sp³-hybridized carbons (Fsp3) is 0.263. The van der Waals surface area contributed by atoms with Gasteiger partial charge in [0.2, 0.25) is 5.91 Å². The molecule has 0 fully saturated rings. The van der Waals surface area contributed by atoms with Crippen LogP contribution in [0.15, 0.2) is 48.8 Å². The standard InChI is InChI=1S/C19H21N3O/c1-3-15-4-6-16(7-5-15)8-11-19(23)21-17-9-10-18-20-14(2)12-22(18)13-17/h4-7,9-10,12-13H,3,8,11H2,1-2H3,(H,21,23). The number of carbonyl (C=O) groups is 1. The highest BCUT2D eigenvalue weighted by atomic mass is 16.1. The van der Waals surface area contributed by atoms with Gasteiger partial charge < -0.3 is 9.72 Å². The van der Waals surface area contributed by atoms with E-state index in [1.807, 2.05) is 35.9 Å². The molecule has 0 saturated heterocycles. The van der Waals surface area contributed by atoms with Crippen molar-refractivity contribution in [3.05, 3.63) is 65.6 Å². The summed E-state index contributed by atoms with van der Waals surface area (Å²) < 4.78 is 1.93. The summed E-state index contributed by atoms with van der Waals surface area (Å²) in [7, 11) is 0. The minimum Gasteiger partial charge on any atom is -0.325 e.